The zero-order chi connectivity index (χ0) is 29.5. The number of H-pyrrole nitrogens is 1. The van der Waals surface area contributed by atoms with Crippen LogP contribution in [0.4, 0.5) is 5.82 Å². The first-order valence-electron chi connectivity index (χ1n) is 14.0. The van der Waals surface area contributed by atoms with E-state index in [1.165, 1.54) is 0 Å². The number of fused-ring (bicyclic) bond motifs is 3. The van der Waals surface area contributed by atoms with Crippen LogP contribution in [0.3, 0.4) is 0 Å². The fourth-order valence-electron chi connectivity index (χ4n) is 5.83. The van der Waals surface area contributed by atoms with E-state index in [9.17, 15) is 9.90 Å². The summed E-state index contributed by atoms with van der Waals surface area (Å²) in [5.41, 5.74) is 4.91. The van der Waals surface area contributed by atoms with Gasteiger partial charge in [-0.3, -0.25) is 4.79 Å². The lowest BCUT2D eigenvalue weighted by atomic mass is 10.00. The van der Waals surface area contributed by atoms with E-state index < -0.39 is 6.04 Å². The summed E-state index contributed by atoms with van der Waals surface area (Å²) in [6.07, 6.45) is 1.01. The Labute approximate surface area is 248 Å². The normalized spacial score (nSPS) is 15.0. The number of carbonyl (C=O) groups is 1. The first-order chi connectivity index (χ1) is 20.2. The minimum absolute atomic E-state index is 0.00564. The van der Waals surface area contributed by atoms with Crippen LogP contribution < -0.4 is 10.1 Å². The maximum Gasteiger partial charge on any atom is 0.224 e. The zero-order valence-corrected chi connectivity index (χ0v) is 24.7. The van der Waals surface area contributed by atoms with Crippen LogP contribution >= 0.6 is 11.6 Å². The van der Waals surface area contributed by atoms with Crippen LogP contribution in [0.5, 0.6) is 5.75 Å². The average Bonchev–Trinajstić information content (AvgIpc) is 3.49. The molecule has 4 heterocycles. The highest BCUT2D eigenvalue weighted by atomic mass is 35.5. The Bertz CT molecular complexity index is 1770. The molecule has 5 aromatic rings. The van der Waals surface area contributed by atoms with Gasteiger partial charge < -0.3 is 29.6 Å². The number of aromatic amines is 1. The number of amides is 1. The summed E-state index contributed by atoms with van der Waals surface area (Å²) in [6.45, 7) is 6.69. The molecule has 0 spiro atoms. The smallest absolute Gasteiger partial charge is 0.224 e. The number of ether oxygens (including phenoxy) is 1. The van der Waals surface area contributed by atoms with Crippen LogP contribution in [0.1, 0.15) is 48.1 Å². The Hall–Kier alpha value is -4.15. The first-order valence-corrected chi connectivity index (χ1v) is 14.4. The predicted octanol–water partition coefficient (Wildman–Crippen LogP) is 5.88. The van der Waals surface area contributed by atoms with Gasteiger partial charge in [0, 0.05) is 34.6 Å². The molecule has 1 atom stereocenters. The SMILES string of the molecule is COc1cc2c(cc1-c1c(C)noc1C)[nH]c1nc(C)nc(NC(CC(=O)N3CCC(O)CC3)c3cccc(Cl)c3)c12. The lowest BCUT2D eigenvalue weighted by molar-refractivity contribution is -0.133. The quantitative estimate of drug-likeness (QED) is 0.215. The van der Waals surface area contributed by atoms with Crippen LogP contribution in [-0.2, 0) is 4.79 Å². The number of halogens is 1. The number of likely N-dealkylation sites (tertiary alicyclic amines) is 1. The number of aromatic nitrogens is 4. The third-order valence-electron chi connectivity index (χ3n) is 7.94. The van der Waals surface area contributed by atoms with Crippen molar-refractivity contribution in [2.75, 3.05) is 25.5 Å². The molecule has 1 saturated heterocycles. The Morgan fingerprint density at radius 2 is 2.00 bits per heavy atom. The average molecular weight is 589 g/mol. The summed E-state index contributed by atoms with van der Waals surface area (Å²) in [7, 11) is 1.64. The Morgan fingerprint density at radius 3 is 2.69 bits per heavy atom. The number of carbonyl (C=O) groups excluding carboxylic acids is 1. The van der Waals surface area contributed by atoms with E-state index in [0.717, 1.165) is 38.7 Å². The molecule has 0 saturated carbocycles. The lowest BCUT2D eigenvalue weighted by Gasteiger charge is -2.31. The van der Waals surface area contributed by atoms with Gasteiger partial charge in [0.25, 0.3) is 0 Å². The standard InChI is InChI=1S/C31H33ClN6O4/c1-16-28(17(2)42-37-16)23-13-25-22(14-26(23)41-4)29-30(33-18(3)34-31(29)36-25)35-24(19-6-5-7-20(32)12-19)15-27(40)38-10-8-21(39)9-11-38/h5-7,12-14,21,24,39H,8-11,15H2,1-4H3,(H2,33,34,35,36). The number of nitrogens with zero attached hydrogens (tertiary/aromatic N) is 4. The molecule has 2 aromatic carbocycles. The topological polar surface area (TPSA) is 129 Å². The summed E-state index contributed by atoms with van der Waals surface area (Å²) in [5.74, 6) is 2.55. The highest BCUT2D eigenvalue weighted by molar-refractivity contribution is 6.30. The number of benzene rings is 2. The molecule has 6 rings (SSSR count). The number of aryl methyl sites for hydroxylation is 3. The molecule has 11 heteroatoms. The van der Waals surface area contributed by atoms with E-state index in [1.807, 2.05) is 62.1 Å². The van der Waals surface area contributed by atoms with E-state index >= 15 is 0 Å². The first kappa shape index (κ1) is 28.0. The molecular weight excluding hydrogens is 556 g/mol. The van der Waals surface area contributed by atoms with Crippen molar-refractivity contribution >= 4 is 45.3 Å². The molecule has 0 radical (unpaired) electrons. The molecule has 3 N–H and O–H groups in total. The van der Waals surface area contributed by atoms with Gasteiger partial charge in [0.15, 0.2) is 0 Å². The van der Waals surface area contributed by atoms with Gasteiger partial charge in [-0.2, -0.15) is 0 Å². The van der Waals surface area contributed by atoms with Crippen molar-refractivity contribution < 1.29 is 19.2 Å². The molecule has 1 aliphatic heterocycles. The Kier molecular flexibility index (Phi) is 7.51. The second-order valence-electron chi connectivity index (χ2n) is 10.8. The number of anilines is 1. The maximum absolute atomic E-state index is 13.4. The van der Waals surface area contributed by atoms with E-state index in [-0.39, 0.29) is 18.4 Å². The molecule has 0 aliphatic carbocycles. The van der Waals surface area contributed by atoms with Gasteiger partial charge in [0.05, 0.1) is 42.3 Å². The van der Waals surface area contributed by atoms with E-state index in [4.69, 9.17) is 30.8 Å². The second-order valence-corrected chi connectivity index (χ2v) is 11.3. The number of aliphatic hydroxyl groups is 1. The minimum Gasteiger partial charge on any atom is -0.496 e. The largest absolute Gasteiger partial charge is 0.496 e. The van der Waals surface area contributed by atoms with Crippen molar-refractivity contribution in [3.8, 4) is 16.9 Å². The van der Waals surface area contributed by atoms with E-state index in [0.29, 0.717) is 59.8 Å². The van der Waals surface area contributed by atoms with Crippen molar-refractivity contribution in [1.29, 1.82) is 0 Å². The molecule has 218 valence electrons. The highest BCUT2D eigenvalue weighted by Gasteiger charge is 2.27. The van der Waals surface area contributed by atoms with Crippen LogP contribution in [0.15, 0.2) is 40.9 Å². The minimum atomic E-state index is -0.408. The number of nitrogens with one attached hydrogen (secondary N) is 2. The van der Waals surface area contributed by atoms with Crippen molar-refractivity contribution in [2.24, 2.45) is 0 Å². The lowest BCUT2D eigenvalue weighted by Crippen LogP contribution is -2.41. The second kappa shape index (κ2) is 11.3. The summed E-state index contributed by atoms with van der Waals surface area (Å²) in [4.78, 5) is 28.2. The molecule has 1 unspecified atom stereocenters. The number of hydrogen-bond donors (Lipinski definition) is 3. The molecule has 42 heavy (non-hydrogen) atoms. The van der Waals surface area contributed by atoms with Gasteiger partial charge in [-0.05, 0) is 63.4 Å². The predicted molar refractivity (Wildman–Crippen MR) is 162 cm³/mol. The van der Waals surface area contributed by atoms with Gasteiger partial charge in [-0.1, -0.05) is 28.9 Å². The monoisotopic (exact) mass is 588 g/mol. The number of aliphatic hydroxyl groups excluding tert-OH is 1. The molecule has 1 fully saturated rings. The third-order valence-corrected chi connectivity index (χ3v) is 8.18. The van der Waals surface area contributed by atoms with E-state index in [2.05, 4.69) is 15.5 Å². The number of piperidine rings is 1. The molecule has 0 bridgehead atoms. The van der Waals surface area contributed by atoms with Gasteiger partial charge in [0.2, 0.25) is 5.91 Å². The number of rotatable bonds is 7. The van der Waals surface area contributed by atoms with Crippen LogP contribution in [0.25, 0.3) is 33.1 Å². The van der Waals surface area contributed by atoms with Crippen molar-refractivity contribution in [1.82, 2.24) is 25.0 Å². The summed E-state index contributed by atoms with van der Waals surface area (Å²) >= 11 is 6.38. The van der Waals surface area contributed by atoms with Crippen molar-refractivity contribution in [2.45, 2.75) is 52.2 Å². The van der Waals surface area contributed by atoms with Gasteiger partial charge in [0.1, 0.15) is 28.8 Å². The van der Waals surface area contributed by atoms with Crippen LogP contribution in [0, 0.1) is 20.8 Å². The fourth-order valence-corrected chi connectivity index (χ4v) is 6.03. The zero-order valence-electron chi connectivity index (χ0n) is 24.0. The number of hydrogen-bond acceptors (Lipinski definition) is 8. The maximum atomic E-state index is 13.4. The molecule has 1 aliphatic rings. The molecule has 1 amide bonds. The third kappa shape index (κ3) is 5.28. The van der Waals surface area contributed by atoms with Gasteiger partial charge in [-0.25, -0.2) is 9.97 Å². The highest BCUT2D eigenvalue weighted by Crippen LogP contribution is 2.41. The fraction of sp³-hybridized carbons (Fsp3) is 0.355. The number of methoxy groups -OCH3 is 1. The van der Waals surface area contributed by atoms with E-state index in [1.54, 1.807) is 7.11 Å². The molecule has 10 nitrogen and oxygen atoms in total. The van der Waals surface area contributed by atoms with Gasteiger partial charge >= 0.3 is 0 Å². The molecule has 3 aromatic heterocycles. The van der Waals surface area contributed by atoms with Crippen molar-refractivity contribution in [3.05, 3.63) is 64.3 Å². The molecular formula is C31H33ClN6O4. The van der Waals surface area contributed by atoms with Gasteiger partial charge in [-0.15, -0.1) is 0 Å². The Morgan fingerprint density at radius 1 is 1.21 bits per heavy atom. The summed E-state index contributed by atoms with van der Waals surface area (Å²) in [5, 5.41) is 19.9. The van der Waals surface area contributed by atoms with Crippen molar-refractivity contribution in [3.63, 3.8) is 0 Å². The van der Waals surface area contributed by atoms with Crippen LogP contribution in [0.2, 0.25) is 5.02 Å². The summed E-state index contributed by atoms with van der Waals surface area (Å²) < 4.78 is 11.3. The summed E-state index contributed by atoms with van der Waals surface area (Å²) in [6, 6.07) is 11.1. The van der Waals surface area contributed by atoms with Crippen LogP contribution in [-0.4, -0.2) is 62.3 Å². The Balaban J connectivity index is 1.44.